The summed E-state index contributed by atoms with van der Waals surface area (Å²) in [6, 6.07) is 4.67. The predicted octanol–water partition coefficient (Wildman–Crippen LogP) is 1.88. The first kappa shape index (κ1) is 13.6. The van der Waals surface area contributed by atoms with E-state index in [1.807, 2.05) is 0 Å². The maximum atomic E-state index is 11.5. The van der Waals surface area contributed by atoms with E-state index in [-0.39, 0.29) is 17.2 Å². The molecule has 7 heteroatoms. The van der Waals surface area contributed by atoms with Crippen molar-refractivity contribution >= 4 is 46.3 Å². The van der Waals surface area contributed by atoms with Crippen molar-refractivity contribution in [2.45, 2.75) is 0 Å². The fourth-order valence-corrected chi connectivity index (χ4v) is 2.60. The Labute approximate surface area is 118 Å². The van der Waals surface area contributed by atoms with Crippen LogP contribution in [-0.4, -0.2) is 28.4 Å². The molecule has 1 fully saturated rings. The molecule has 0 saturated carbocycles. The van der Waals surface area contributed by atoms with Gasteiger partial charge in [-0.25, -0.2) is 4.79 Å². The Morgan fingerprint density at radius 1 is 1.53 bits per heavy atom. The van der Waals surface area contributed by atoms with Crippen molar-refractivity contribution in [3.8, 4) is 5.75 Å². The molecular formula is C12H9NO4S2. The van der Waals surface area contributed by atoms with Crippen LogP contribution < -0.4 is 10.1 Å². The van der Waals surface area contributed by atoms with Crippen molar-refractivity contribution in [1.82, 2.24) is 5.32 Å². The van der Waals surface area contributed by atoms with Crippen LogP contribution in [0.15, 0.2) is 23.1 Å². The van der Waals surface area contributed by atoms with Crippen LogP contribution >= 0.6 is 24.0 Å². The molecule has 1 amide bonds. The molecule has 1 aliphatic rings. The maximum absolute atomic E-state index is 11.5. The number of thiocarbonyl (C=S) groups is 1. The molecule has 0 atom stereocenters. The van der Waals surface area contributed by atoms with Gasteiger partial charge >= 0.3 is 5.97 Å². The highest BCUT2D eigenvalue weighted by molar-refractivity contribution is 8.26. The molecule has 2 N–H and O–H groups in total. The van der Waals surface area contributed by atoms with Crippen LogP contribution in [0.4, 0.5) is 0 Å². The van der Waals surface area contributed by atoms with Gasteiger partial charge in [0.1, 0.15) is 15.6 Å². The third-order valence-electron chi connectivity index (χ3n) is 2.39. The maximum Gasteiger partial charge on any atom is 0.339 e. The number of hydrogen-bond donors (Lipinski definition) is 2. The number of methoxy groups -OCH3 is 1. The lowest BCUT2D eigenvalue weighted by Crippen LogP contribution is -2.17. The van der Waals surface area contributed by atoms with Crippen LogP contribution in [0.2, 0.25) is 0 Å². The molecule has 2 rings (SSSR count). The van der Waals surface area contributed by atoms with Gasteiger partial charge in [-0.15, -0.1) is 0 Å². The Kier molecular flexibility index (Phi) is 3.87. The normalized spacial score (nSPS) is 16.6. The van der Waals surface area contributed by atoms with Gasteiger partial charge in [0.15, 0.2) is 0 Å². The van der Waals surface area contributed by atoms with Crippen LogP contribution in [0.5, 0.6) is 5.75 Å². The Hall–Kier alpha value is -1.86. The number of nitrogens with one attached hydrogen (secondary N) is 1. The molecule has 1 aliphatic heterocycles. The summed E-state index contributed by atoms with van der Waals surface area (Å²) >= 11 is 6.02. The van der Waals surface area contributed by atoms with Gasteiger partial charge in [-0.05, 0) is 23.8 Å². The highest BCUT2D eigenvalue weighted by Crippen LogP contribution is 2.27. The number of carboxylic acid groups (broad SMARTS) is 1. The van der Waals surface area contributed by atoms with Gasteiger partial charge in [0.05, 0.1) is 12.0 Å². The van der Waals surface area contributed by atoms with E-state index < -0.39 is 5.97 Å². The Balaban J connectivity index is 2.39. The van der Waals surface area contributed by atoms with Crippen LogP contribution in [0.3, 0.4) is 0 Å². The molecule has 1 aromatic rings. The van der Waals surface area contributed by atoms with Crippen molar-refractivity contribution < 1.29 is 19.4 Å². The van der Waals surface area contributed by atoms with E-state index >= 15 is 0 Å². The number of amides is 1. The lowest BCUT2D eigenvalue weighted by atomic mass is 10.1. The molecule has 5 nitrogen and oxygen atoms in total. The van der Waals surface area contributed by atoms with Crippen LogP contribution in [0.1, 0.15) is 15.9 Å². The minimum Gasteiger partial charge on any atom is -0.496 e. The molecule has 0 spiro atoms. The molecule has 19 heavy (non-hydrogen) atoms. The van der Waals surface area contributed by atoms with E-state index in [4.69, 9.17) is 22.1 Å². The van der Waals surface area contributed by atoms with Crippen molar-refractivity contribution in [3.63, 3.8) is 0 Å². The third-order valence-corrected chi connectivity index (χ3v) is 3.56. The molecule has 0 aromatic heterocycles. The highest BCUT2D eigenvalue weighted by atomic mass is 32.2. The first-order chi connectivity index (χ1) is 9.01. The minimum atomic E-state index is -1.09. The number of rotatable bonds is 3. The number of carbonyl (C=O) groups is 2. The van der Waals surface area contributed by atoms with E-state index in [9.17, 15) is 9.59 Å². The van der Waals surface area contributed by atoms with Crippen LogP contribution in [0.25, 0.3) is 6.08 Å². The largest absolute Gasteiger partial charge is 0.496 e. The molecule has 0 radical (unpaired) electrons. The number of benzene rings is 1. The summed E-state index contributed by atoms with van der Waals surface area (Å²) < 4.78 is 5.35. The zero-order chi connectivity index (χ0) is 14.0. The predicted molar refractivity (Wildman–Crippen MR) is 76.3 cm³/mol. The van der Waals surface area contributed by atoms with E-state index in [0.717, 1.165) is 11.8 Å². The van der Waals surface area contributed by atoms with Gasteiger partial charge < -0.3 is 15.2 Å². The molecule has 98 valence electrons. The molecule has 0 aliphatic carbocycles. The van der Waals surface area contributed by atoms with E-state index in [1.54, 1.807) is 18.2 Å². The molecule has 1 saturated heterocycles. The summed E-state index contributed by atoms with van der Waals surface area (Å²) in [7, 11) is 1.40. The SMILES string of the molecule is COc1ccc(/C=C2\SC(=S)NC2=O)cc1C(=O)O. The zero-order valence-electron chi connectivity index (χ0n) is 9.80. The van der Waals surface area contributed by atoms with Gasteiger partial charge in [0.25, 0.3) is 5.91 Å². The first-order valence-electron chi connectivity index (χ1n) is 5.17. The van der Waals surface area contributed by atoms with Gasteiger partial charge in [0.2, 0.25) is 0 Å². The van der Waals surface area contributed by atoms with Crippen molar-refractivity contribution in [2.24, 2.45) is 0 Å². The van der Waals surface area contributed by atoms with Crippen molar-refractivity contribution in [1.29, 1.82) is 0 Å². The molecule has 0 unspecified atom stereocenters. The van der Waals surface area contributed by atoms with E-state index in [2.05, 4.69) is 5.32 Å². The monoisotopic (exact) mass is 295 g/mol. The average Bonchev–Trinajstić information content (AvgIpc) is 2.67. The number of aromatic carboxylic acids is 1. The van der Waals surface area contributed by atoms with Gasteiger partial charge in [-0.3, -0.25) is 4.79 Å². The minimum absolute atomic E-state index is 0.0443. The fourth-order valence-electron chi connectivity index (χ4n) is 1.55. The molecular weight excluding hydrogens is 286 g/mol. The van der Waals surface area contributed by atoms with Crippen molar-refractivity contribution in [2.75, 3.05) is 7.11 Å². The molecule has 1 heterocycles. The topological polar surface area (TPSA) is 75.6 Å². The first-order valence-corrected chi connectivity index (χ1v) is 6.40. The highest BCUT2D eigenvalue weighted by Gasteiger charge is 2.22. The Morgan fingerprint density at radius 3 is 2.79 bits per heavy atom. The Morgan fingerprint density at radius 2 is 2.26 bits per heavy atom. The Bertz CT molecular complexity index is 610. The van der Waals surface area contributed by atoms with E-state index in [1.165, 1.54) is 13.2 Å². The lowest BCUT2D eigenvalue weighted by Gasteiger charge is -2.05. The third kappa shape index (κ3) is 2.94. The summed E-state index contributed by atoms with van der Waals surface area (Å²) in [6.07, 6.45) is 1.59. The summed E-state index contributed by atoms with van der Waals surface area (Å²) in [5.41, 5.74) is 0.642. The summed E-state index contributed by atoms with van der Waals surface area (Å²) in [5.74, 6) is -1.09. The summed E-state index contributed by atoms with van der Waals surface area (Å²) in [4.78, 5) is 23.0. The van der Waals surface area contributed by atoms with Gasteiger partial charge in [-0.2, -0.15) is 0 Å². The quantitative estimate of drug-likeness (QED) is 0.655. The summed E-state index contributed by atoms with van der Waals surface area (Å²) in [6.45, 7) is 0. The van der Waals surface area contributed by atoms with Crippen LogP contribution in [-0.2, 0) is 4.79 Å². The molecule has 0 bridgehead atoms. The smallest absolute Gasteiger partial charge is 0.339 e. The molecule has 1 aromatic carbocycles. The second kappa shape index (κ2) is 5.41. The van der Waals surface area contributed by atoms with Gasteiger partial charge in [-0.1, -0.05) is 30.0 Å². The standard InChI is InChI=1S/C12H9NO4S2/c1-17-8-3-2-6(4-7(8)11(15)16)5-9-10(14)13-12(18)19-9/h2-5H,1H3,(H,15,16)(H,13,14,18)/b9-5-. The van der Waals surface area contributed by atoms with Gasteiger partial charge in [0, 0.05) is 0 Å². The number of carbonyl (C=O) groups excluding carboxylic acids is 1. The zero-order valence-corrected chi connectivity index (χ0v) is 11.4. The van der Waals surface area contributed by atoms with E-state index in [0.29, 0.717) is 14.8 Å². The second-order valence-corrected chi connectivity index (χ2v) is 5.34. The second-order valence-electron chi connectivity index (χ2n) is 3.62. The number of hydrogen-bond acceptors (Lipinski definition) is 5. The number of carboxylic acids is 1. The fraction of sp³-hybridized carbons (Fsp3) is 0.0833. The van der Waals surface area contributed by atoms with Crippen LogP contribution in [0, 0.1) is 0 Å². The average molecular weight is 295 g/mol. The van der Waals surface area contributed by atoms with Crippen molar-refractivity contribution in [3.05, 3.63) is 34.2 Å². The number of ether oxygens (including phenoxy) is 1. The summed E-state index contributed by atoms with van der Waals surface area (Å²) in [5, 5.41) is 11.6. The number of thioether (sulfide) groups is 1. The lowest BCUT2D eigenvalue weighted by molar-refractivity contribution is -0.115.